The van der Waals surface area contributed by atoms with Crippen LogP contribution in [0.15, 0.2) is 54.7 Å². The molecule has 0 spiro atoms. The topological polar surface area (TPSA) is 63.9 Å². The minimum absolute atomic E-state index is 0.0833. The van der Waals surface area contributed by atoms with Gasteiger partial charge in [0.2, 0.25) is 0 Å². The fourth-order valence-electron chi connectivity index (χ4n) is 3.43. The quantitative estimate of drug-likeness (QED) is 0.489. The maximum absolute atomic E-state index is 13.6. The van der Waals surface area contributed by atoms with E-state index >= 15 is 0 Å². The highest BCUT2D eigenvalue weighted by Crippen LogP contribution is 2.20. The summed E-state index contributed by atoms with van der Waals surface area (Å²) >= 11 is 0. The van der Waals surface area contributed by atoms with Crippen LogP contribution in [0.25, 0.3) is 5.65 Å². The van der Waals surface area contributed by atoms with Gasteiger partial charge in [-0.2, -0.15) is 0 Å². The molecule has 0 aliphatic heterocycles. The summed E-state index contributed by atoms with van der Waals surface area (Å²) in [5.41, 5.74) is 2.61. The summed E-state index contributed by atoms with van der Waals surface area (Å²) in [6.07, 6.45) is 3.80. The van der Waals surface area contributed by atoms with E-state index < -0.39 is 0 Å². The van der Waals surface area contributed by atoms with Crippen molar-refractivity contribution in [3.05, 3.63) is 66.1 Å². The van der Waals surface area contributed by atoms with E-state index in [0.717, 1.165) is 18.5 Å². The summed E-state index contributed by atoms with van der Waals surface area (Å²) in [7, 11) is 0. The highest BCUT2D eigenvalue weighted by Gasteiger charge is 2.21. The second-order valence-corrected chi connectivity index (χ2v) is 7.68. The maximum atomic E-state index is 13.6. The standard InChI is InChI=1S/C24H29N3O3/c1-4-30-23(28)16-19-17-27-21(13-8-14-22(27)25-19)24(29)26(15-9-10-18(2)3)20-11-6-5-7-12-20/h5-8,11-14,17-18H,4,9-10,15-16H2,1-3H3. The van der Waals surface area contributed by atoms with Crippen molar-refractivity contribution in [1.29, 1.82) is 0 Å². The smallest absolute Gasteiger partial charge is 0.311 e. The molecule has 0 N–H and O–H groups in total. The van der Waals surface area contributed by atoms with E-state index in [0.29, 0.717) is 36.1 Å². The molecule has 0 unspecified atom stereocenters. The lowest BCUT2D eigenvalue weighted by Gasteiger charge is -2.24. The molecule has 0 saturated heterocycles. The van der Waals surface area contributed by atoms with Gasteiger partial charge in [-0.15, -0.1) is 0 Å². The Balaban J connectivity index is 1.91. The number of carbonyl (C=O) groups is 2. The third-order valence-electron chi connectivity index (χ3n) is 4.87. The van der Waals surface area contributed by atoms with Crippen molar-refractivity contribution < 1.29 is 14.3 Å². The van der Waals surface area contributed by atoms with Gasteiger partial charge in [-0.05, 0) is 49.9 Å². The number of hydrogen-bond donors (Lipinski definition) is 0. The summed E-state index contributed by atoms with van der Waals surface area (Å²) < 4.78 is 6.77. The summed E-state index contributed by atoms with van der Waals surface area (Å²) in [4.78, 5) is 31.7. The molecule has 0 bridgehead atoms. The molecule has 1 amide bonds. The largest absolute Gasteiger partial charge is 0.466 e. The van der Waals surface area contributed by atoms with Crippen LogP contribution in [-0.4, -0.2) is 34.4 Å². The third kappa shape index (κ3) is 5.26. The van der Waals surface area contributed by atoms with Gasteiger partial charge in [0.05, 0.1) is 18.7 Å². The zero-order valence-corrected chi connectivity index (χ0v) is 17.9. The van der Waals surface area contributed by atoms with Crippen LogP contribution in [-0.2, 0) is 16.0 Å². The Morgan fingerprint density at radius 2 is 1.87 bits per heavy atom. The highest BCUT2D eigenvalue weighted by atomic mass is 16.5. The van der Waals surface area contributed by atoms with Gasteiger partial charge in [0.25, 0.3) is 5.91 Å². The van der Waals surface area contributed by atoms with Crippen LogP contribution in [0.2, 0.25) is 0 Å². The van der Waals surface area contributed by atoms with Crippen molar-refractivity contribution in [1.82, 2.24) is 9.38 Å². The lowest BCUT2D eigenvalue weighted by atomic mass is 10.1. The number of rotatable bonds is 9. The lowest BCUT2D eigenvalue weighted by Crippen LogP contribution is -2.33. The van der Waals surface area contributed by atoms with Gasteiger partial charge in [-0.25, -0.2) is 4.98 Å². The summed E-state index contributed by atoms with van der Waals surface area (Å²) in [6, 6.07) is 15.2. The first-order chi connectivity index (χ1) is 14.5. The second kappa shape index (κ2) is 10.1. The van der Waals surface area contributed by atoms with E-state index in [4.69, 9.17) is 4.74 Å². The Morgan fingerprint density at radius 1 is 1.10 bits per heavy atom. The third-order valence-corrected chi connectivity index (χ3v) is 4.87. The molecule has 6 nitrogen and oxygen atoms in total. The number of hydrogen-bond acceptors (Lipinski definition) is 4. The Bertz CT molecular complexity index is 995. The molecule has 2 aromatic heterocycles. The van der Waals surface area contributed by atoms with Crippen molar-refractivity contribution in [2.45, 2.75) is 40.0 Å². The molecule has 0 fully saturated rings. The molecule has 2 heterocycles. The molecular weight excluding hydrogens is 378 g/mol. The molecule has 0 atom stereocenters. The Morgan fingerprint density at radius 3 is 2.57 bits per heavy atom. The molecule has 3 rings (SSSR count). The van der Waals surface area contributed by atoms with Gasteiger partial charge in [-0.3, -0.25) is 14.0 Å². The number of para-hydroxylation sites is 1. The van der Waals surface area contributed by atoms with Crippen molar-refractivity contribution in [3.8, 4) is 0 Å². The second-order valence-electron chi connectivity index (χ2n) is 7.68. The Labute approximate surface area is 177 Å². The van der Waals surface area contributed by atoms with Gasteiger partial charge < -0.3 is 9.64 Å². The zero-order chi connectivity index (χ0) is 21.5. The van der Waals surface area contributed by atoms with Gasteiger partial charge >= 0.3 is 5.97 Å². The van der Waals surface area contributed by atoms with Gasteiger partial charge in [-0.1, -0.05) is 38.1 Å². The van der Waals surface area contributed by atoms with Gasteiger partial charge in [0.15, 0.2) is 0 Å². The number of nitrogens with zero attached hydrogens (tertiary/aromatic N) is 3. The molecule has 1 aromatic carbocycles. The number of ether oxygens (including phenoxy) is 1. The first kappa shape index (κ1) is 21.6. The first-order valence-corrected chi connectivity index (χ1v) is 10.5. The number of anilines is 1. The van der Waals surface area contributed by atoms with Crippen LogP contribution < -0.4 is 4.90 Å². The van der Waals surface area contributed by atoms with Gasteiger partial charge in [0.1, 0.15) is 11.3 Å². The van der Waals surface area contributed by atoms with Crippen LogP contribution in [0.4, 0.5) is 5.69 Å². The van der Waals surface area contributed by atoms with Crippen LogP contribution in [0.1, 0.15) is 49.8 Å². The average Bonchev–Trinajstić information content (AvgIpc) is 3.13. The van der Waals surface area contributed by atoms with Crippen LogP contribution in [0.5, 0.6) is 0 Å². The molecule has 0 radical (unpaired) electrons. The van der Waals surface area contributed by atoms with E-state index in [2.05, 4.69) is 18.8 Å². The normalized spacial score (nSPS) is 11.1. The zero-order valence-electron chi connectivity index (χ0n) is 17.9. The number of benzene rings is 1. The SMILES string of the molecule is CCOC(=O)Cc1cn2c(C(=O)N(CCCC(C)C)c3ccccc3)cccc2n1. The maximum Gasteiger partial charge on any atom is 0.311 e. The van der Waals surface area contributed by atoms with E-state index in [1.165, 1.54) is 0 Å². The molecule has 158 valence electrons. The van der Waals surface area contributed by atoms with E-state index in [1.807, 2.05) is 47.4 Å². The fraction of sp³-hybridized carbons (Fsp3) is 0.375. The number of esters is 1. The minimum Gasteiger partial charge on any atom is -0.466 e. The summed E-state index contributed by atoms with van der Waals surface area (Å²) in [6.45, 7) is 7.12. The molecule has 0 saturated carbocycles. The van der Waals surface area contributed by atoms with E-state index in [-0.39, 0.29) is 18.3 Å². The molecule has 30 heavy (non-hydrogen) atoms. The number of amides is 1. The number of pyridine rings is 1. The Kier molecular flexibility index (Phi) is 7.22. The molecular formula is C24H29N3O3. The summed E-state index contributed by atoms with van der Waals surface area (Å²) in [5, 5.41) is 0. The summed E-state index contributed by atoms with van der Waals surface area (Å²) in [5.74, 6) is 0.171. The number of fused-ring (bicyclic) bond motifs is 1. The van der Waals surface area contributed by atoms with E-state index in [1.54, 1.807) is 23.6 Å². The predicted molar refractivity (Wildman–Crippen MR) is 118 cm³/mol. The molecule has 0 aliphatic carbocycles. The van der Waals surface area contributed by atoms with Crippen molar-refractivity contribution in [2.75, 3.05) is 18.1 Å². The van der Waals surface area contributed by atoms with Gasteiger partial charge in [0, 0.05) is 18.4 Å². The van der Waals surface area contributed by atoms with Crippen molar-refractivity contribution >= 4 is 23.2 Å². The van der Waals surface area contributed by atoms with Crippen molar-refractivity contribution in [3.63, 3.8) is 0 Å². The average molecular weight is 408 g/mol. The molecule has 6 heteroatoms. The monoisotopic (exact) mass is 407 g/mol. The lowest BCUT2D eigenvalue weighted by molar-refractivity contribution is -0.142. The van der Waals surface area contributed by atoms with Crippen LogP contribution in [0.3, 0.4) is 0 Å². The minimum atomic E-state index is -0.326. The number of carbonyl (C=O) groups excluding carboxylic acids is 2. The predicted octanol–water partition coefficient (Wildman–Crippen LogP) is 4.52. The molecule has 3 aromatic rings. The fourth-order valence-corrected chi connectivity index (χ4v) is 3.43. The van der Waals surface area contributed by atoms with Crippen LogP contribution in [0, 0.1) is 5.92 Å². The van der Waals surface area contributed by atoms with E-state index in [9.17, 15) is 9.59 Å². The number of aromatic nitrogens is 2. The first-order valence-electron chi connectivity index (χ1n) is 10.5. The molecule has 0 aliphatic rings. The Hall–Kier alpha value is -3.15. The van der Waals surface area contributed by atoms with Crippen molar-refractivity contribution in [2.24, 2.45) is 5.92 Å². The number of imidazole rings is 1. The van der Waals surface area contributed by atoms with Crippen LogP contribution >= 0.6 is 0 Å². The highest BCUT2D eigenvalue weighted by molar-refractivity contribution is 6.05.